The third kappa shape index (κ3) is 2.09. The van der Waals surface area contributed by atoms with E-state index in [0.29, 0.717) is 5.56 Å². The van der Waals surface area contributed by atoms with Crippen molar-refractivity contribution in [1.82, 2.24) is 10.9 Å². The number of sulfone groups is 1. The summed E-state index contributed by atoms with van der Waals surface area (Å²) < 4.78 is 36.6. The molecule has 6 heteroatoms. The first-order chi connectivity index (χ1) is 7.50. The summed E-state index contributed by atoms with van der Waals surface area (Å²) in [6.07, 6.45) is 1.17. The van der Waals surface area contributed by atoms with Gasteiger partial charge in [-0.3, -0.25) is 5.43 Å². The molecule has 1 aromatic rings. The minimum Gasteiger partial charge on any atom is -0.256 e. The molecule has 1 fully saturated rings. The fraction of sp³-hybridized carbons (Fsp3) is 0.400. The number of benzene rings is 1. The van der Waals surface area contributed by atoms with Gasteiger partial charge in [-0.05, 0) is 6.07 Å². The van der Waals surface area contributed by atoms with Gasteiger partial charge in [-0.25, -0.2) is 18.2 Å². The zero-order chi connectivity index (χ0) is 11.8. The molecule has 0 aromatic heterocycles. The second-order valence-corrected chi connectivity index (χ2v) is 6.16. The van der Waals surface area contributed by atoms with Crippen molar-refractivity contribution < 1.29 is 12.8 Å². The van der Waals surface area contributed by atoms with Crippen molar-refractivity contribution in [2.45, 2.75) is 11.3 Å². The first-order valence-corrected chi connectivity index (χ1v) is 6.87. The molecule has 1 aliphatic rings. The molecule has 4 nitrogen and oxygen atoms in total. The predicted molar refractivity (Wildman–Crippen MR) is 58.9 cm³/mol. The molecule has 2 unspecified atom stereocenters. The average molecular weight is 244 g/mol. The molecule has 1 aromatic carbocycles. The predicted octanol–water partition coefficient (Wildman–Crippen LogP) is 0.388. The maximum atomic E-state index is 13.5. The highest BCUT2D eigenvalue weighted by Gasteiger charge is 2.36. The van der Waals surface area contributed by atoms with E-state index in [-0.39, 0.29) is 6.54 Å². The lowest BCUT2D eigenvalue weighted by molar-refractivity contribution is 0.525. The highest BCUT2D eigenvalue weighted by molar-refractivity contribution is 7.91. The Kier molecular flexibility index (Phi) is 2.96. The van der Waals surface area contributed by atoms with Crippen LogP contribution in [-0.4, -0.2) is 26.5 Å². The van der Waals surface area contributed by atoms with Crippen LogP contribution in [0, 0.1) is 5.82 Å². The Morgan fingerprint density at radius 1 is 1.38 bits per heavy atom. The Morgan fingerprint density at radius 3 is 2.69 bits per heavy atom. The van der Waals surface area contributed by atoms with E-state index in [1.165, 1.54) is 12.3 Å². The smallest absolute Gasteiger partial charge is 0.153 e. The van der Waals surface area contributed by atoms with E-state index in [1.54, 1.807) is 18.2 Å². The molecule has 1 aliphatic heterocycles. The van der Waals surface area contributed by atoms with E-state index in [2.05, 4.69) is 10.9 Å². The van der Waals surface area contributed by atoms with E-state index in [4.69, 9.17) is 0 Å². The molecule has 0 bridgehead atoms. The molecule has 0 radical (unpaired) electrons. The summed E-state index contributed by atoms with van der Waals surface area (Å²) in [5.74, 6) is -0.391. The standard InChI is InChI=1S/C10H13FN2O2S/c1-16(14,15)9-6-12-13-10(9)7-4-2-3-5-8(7)11/h2-5,9-10,12-13H,6H2,1H3. The van der Waals surface area contributed by atoms with Gasteiger partial charge in [-0.1, -0.05) is 18.2 Å². The van der Waals surface area contributed by atoms with E-state index < -0.39 is 26.9 Å². The highest BCUT2D eigenvalue weighted by atomic mass is 32.2. The van der Waals surface area contributed by atoms with E-state index in [1.807, 2.05) is 0 Å². The molecule has 88 valence electrons. The zero-order valence-corrected chi connectivity index (χ0v) is 9.59. The summed E-state index contributed by atoms with van der Waals surface area (Å²) in [7, 11) is -3.21. The van der Waals surface area contributed by atoms with Crippen LogP contribution in [0.3, 0.4) is 0 Å². The van der Waals surface area contributed by atoms with E-state index in [0.717, 1.165) is 0 Å². The van der Waals surface area contributed by atoms with Crippen LogP contribution in [0.1, 0.15) is 11.6 Å². The molecule has 2 atom stereocenters. The Balaban J connectivity index is 2.38. The van der Waals surface area contributed by atoms with E-state index in [9.17, 15) is 12.8 Å². The van der Waals surface area contributed by atoms with Gasteiger partial charge in [0.1, 0.15) is 5.82 Å². The molecule has 1 saturated heterocycles. The number of halogens is 1. The molecular formula is C10H13FN2O2S. The molecule has 0 saturated carbocycles. The largest absolute Gasteiger partial charge is 0.256 e. The second kappa shape index (κ2) is 4.12. The van der Waals surface area contributed by atoms with Gasteiger partial charge in [-0.2, -0.15) is 0 Å². The van der Waals surface area contributed by atoms with Crippen molar-refractivity contribution in [2.75, 3.05) is 12.8 Å². The first kappa shape index (κ1) is 11.5. The molecule has 2 rings (SSSR count). The lowest BCUT2D eigenvalue weighted by Gasteiger charge is -2.17. The fourth-order valence-corrected chi connectivity index (χ4v) is 2.98. The summed E-state index contributed by atoms with van der Waals surface area (Å²) in [6.45, 7) is 0.290. The van der Waals surface area contributed by atoms with Crippen molar-refractivity contribution in [3.63, 3.8) is 0 Å². The number of rotatable bonds is 2. The summed E-state index contributed by atoms with van der Waals surface area (Å²) in [6, 6.07) is 5.66. The first-order valence-electron chi connectivity index (χ1n) is 4.92. The Hall–Kier alpha value is -0.980. The van der Waals surface area contributed by atoms with Gasteiger partial charge in [0, 0.05) is 18.4 Å². The zero-order valence-electron chi connectivity index (χ0n) is 8.77. The van der Waals surface area contributed by atoms with Gasteiger partial charge in [-0.15, -0.1) is 0 Å². The third-order valence-electron chi connectivity index (χ3n) is 2.72. The van der Waals surface area contributed by atoms with Crippen molar-refractivity contribution in [3.8, 4) is 0 Å². The minimum absolute atomic E-state index is 0.290. The molecule has 0 aliphatic carbocycles. The maximum Gasteiger partial charge on any atom is 0.153 e. The number of hydrogen-bond donors (Lipinski definition) is 2. The Bertz CT molecular complexity index is 489. The number of hydrogen-bond acceptors (Lipinski definition) is 4. The van der Waals surface area contributed by atoms with Crippen LogP contribution < -0.4 is 10.9 Å². The second-order valence-electron chi connectivity index (χ2n) is 3.89. The van der Waals surface area contributed by atoms with Crippen LogP contribution in [0.5, 0.6) is 0 Å². The summed E-state index contributed by atoms with van der Waals surface area (Å²) in [5, 5.41) is -0.635. The van der Waals surface area contributed by atoms with Gasteiger partial charge in [0.25, 0.3) is 0 Å². The van der Waals surface area contributed by atoms with E-state index >= 15 is 0 Å². The molecular weight excluding hydrogens is 231 g/mol. The Morgan fingerprint density at radius 2 is 2.06 bits per heavy atom. The van der Waals surface area contributed by atoms with Crippen LogP contribution >= 0.6 is 0 Å². The van der Waals surface area contributed by atoms with Crippen molar-refractivity contribution >= 4 is 9.84 Å². The molecule has 1 heterocycles. The molecule has 0 amide bonds. The molecule has 0 spiro atoms. The highest BCUT2D eigenvalue weighted by Crippen LogP contribution is 2.26. The topological polar surface area (TPSA) is 58.2 Å². The van der Waals surface area contributed by atoms with Crippen molar-refractivity contribution in [2.24, 2.45) is 0 Å². The van der Waals surface area contributed by atoms with Crippen LogP contribution in [-0.2, 0) is 9.84 Å². The van der Waals surface area contributed by atoms with Gasteiger partial charge < -0.3 is 0 Å². The molecule has 16 heavy (non-hydrogen) atoms. The Labute approximate surface area is 93.7 Å². The number of nitrogens with one attached hydrogen (secondary N) is 2. The lowest BCUT2D eigenvalue weighted by atomic mass is 10.0. The fourth-order valence-electron chi connectivity index (χ4n) is 1.88. The SMILES string of the molecule is CS(=O)(=O)C1CNNC1c1ccccc1F. The summed E-state index contributed by atoms with van der Waals surface area (Å²) >= 11 is 0. The van der Waals surface area contributed by atoms with Crippen LogP contribution in [0.4, 0.5) is 4.39 Å². The average Bonchev–Trinajstić information content (AvgIpc) is 2.66. The maximum absolute atomic E-state index is 13.5. The number of hydrazine groups is 1. The van der Waals surface area contributed by atoms with Crippen molar-refractivity contribution in [3.05, 3.63) is 35.6 Å². The third-order valence-corrected chi connectivity index (χ3v) is 4.26. The lowest BCUT2D eigenvalue weighted by Crippen LogP contribution is -2.30. The quantitative estimate of drug-likeness (QED) is 0.790. The van der Waals surface area contributed by atoms with Crippen LogP contribution in [0.15, 0.2) is 24.3 Å². The minimum atomic E-state index is -3.21. The summed E-state index contributed by atoms with van der Waals surface area (Å²) in [5.41, 5.74) is 5.94. The van der Waals surface area contributed by atoms with Crippen LogP contribution in [0.25, 0.3) is 0 Å². The van der Waals surface area contributed by atoms with Crippen LogP contribution in [0.2, 0.25) is 0 Å². The normalized spacial score (nSPS) is 25.9. The molecule has 2 N–H and O–H groups in total. The monoisotopic (exact) mass is 244 g/mol. The van der Waals surface area contributed by atoms with Gasteiger partial charge in [0.2, 0.25) is 0 Å². The van der Waals surface area contributed by atoms with Gasteiger partial charge >= 0.3 is 0 Å². The summed E-state index contributed by atoms with van der Waals surface area (Å²) in [4.78, 5) is 0. The van der Waals surface area contributed by atoms with Gasteiger partial charge in [0.05, 0.1) is 11.3 Å². The van der Waals surface area contributed by atoms with Crippen molar-refractivity contribution in [1.29, 1.82) is 0 Å². The van der Waals surface area contributed by atoms with Gasteiger partial charge in [0.15, 0.2) is 9.84 Å².